The Bertz CT molecular complexity index is 748. The van der Waals surface area contributed by atoms with Gasteiger partial charge in [-0.25, -0.2) is 4.39 Å². The minimum absolute atomic E-state index is 0.0718. The Balaban J connectivity index is 1.91. The van der Waals surface area contributed by atoms with Crippen LogP contribution in [0.2, 0.25) is 0 Å². The van der Waals surface area contributed by atoms with Crippen molar-refractivity contribution < 1.29 is 14.2 Å². The Kier molecular flexibility index (Phi) is 6.08. The summed E-state index contributed by atoms with van der Waals surface area (Å²) < 4.78 is 17.9. The van der Waals surface area contributed by atoms with E-state index in [1.54, 1.807) is 31.2 Å². The minimum Gasteiger partial charge on any atom is -0.507 e. The highest BCUT2D eigenvalue weighted by Gasteiger charge is 2.06. The van der Waals surface area contributed by atoms with Crippen LogP contribution < -0.4 is 15.5 Å². The van der Waals surface area contributed by atoms with Crippen molar-refractivity contribution in [3.8, 4) is 11.5 Å². The van der Waals surface area contributed by atoms with Gasteiger partial charge in [0.2, 0.25) is 0 Å². The van der Waals surface area contributed by atoms with Crippen molar-refractivity contribution in [3.63, 3.8) is 0 Å². The third-order valence-electron chi connectivity index (χ3n) is 3.29. The predicted molar refractivity (Wildman–Crippen MR) is 95.8 cm³/mol. The smallest absolute Gasteiger partial charge is 0.187 e. The Labute approximate surface area is 145 Å². The molecule has 0 bridgehead atoms. The van der Waals surface area contributed by atoms with Gasteiger partial charge in [0.1, 0.15) is 17.3 Å². The van der Waals surface area contributed by atoms with Crippen LogP contribution in [-0.4, -0.2) is 23.0 Å². The first-order valence-electron chi connectivity index (χ1n) is 7.19. The van der Waals surface area contributed by atoms with Crippen molar-refractivity contribution in [2.24, 2.45) is 5.10 Å². The second-order valence-corrected chi connectivity index (χ2v) is 5.41. The fraction of sp³-hybridized carbons (Fsp3) is 0.176. The summed E-state index contributed by atoms with van der Waals surface area (Å²) in [6, 6.07) is 11.1. The summed E-state index contributed by atoms with van der Waals surface area (Å²) in [5.41, 5.74) is 4.75. The summed E-state index contributed by atoms with van der Waals surface area (Å²) in [5, 5.41) is 17.4. The van der Waals surface area contributed by atoms with Gasteiger partial charge in [-0.1, -0.05) is 12.1 Å². The normalized spacial score (nSPS) is 11.0. The number of nitrogens with zero attached hydrogens (tertiary/aromatic N) is 1. The average molecular weight is 347 g/mol. The number of hydrogen-bond donors (Lipinski definition) is 3. The lowest BCUT2D eigenvalue weighted by molar-refractivity contribution is 0.407. The highest BCUT2D eigenvalue weighted by Crippen LogP contribution is 2.23. The molecule has 0 aliphatic rings. The van der Waals surface area contributed by atoms with Crippen LogP contribution in [0.15, 0.2) is 47.6 Å². The summed E-state index contributed by atoms with van der Waals surface area (Å²) >= 11 is 5.13. The SMILES string of the molecule is COc1ccc(/C(C)=N/NC(=S)NCc2ccc(F)cc2)c(O)c1. The maximum absolute atomic E-state index is 12.8. The van der Waals surface area contributed by atoms with Gasteiger partial charge in [0.25, 0.3) is 0 Å². The van der Waals surface area contributed by atoms with E-state index in [1.807, 2.05) is 0 Å². The lowest BCUT2D eigenvalue weighted by atomic mass is 10.1. The largest absolute Gasteiger partial charge is 0.507 e. The van der Waals surface area contributed by atoms with Crippen molar-refractivity contribution >= 4 is 23.0 Å². The first kappa shape index (κ1) is 17.7. The zero-order valence-electron chi connectivity index (χ0n) is 13.3. The third-order valence-corrected chi connectivity index (χ3v) is 3.52. The van der Waals surface area contributed by atoms with Crippen LogP contribution in [0.1, 0.15) is 18.1 Å². The molecular formula is C17H18FN3O2S. The van der Waals surface area contributed by atoms with Crippen LogP contribution in [-0.2, 0) is 6.54 Å². The second-order valence-electron chi connectivity index (χ2n) is 5.00. The van der Waals surface area contributed by atoms with E-state index in [4.69, 9.17) is 17.0 Å². The monoisotopic (exact) mass is 347 g/mol. The summed E-state index contributed by atoms with van der Waals surface area (Å²) in [7, 11) is 1.53. The zero-order valence-corrected chi connectivity index (χ0v) is 14.2. The summed E-state index contributed by atoms with van der Waals surface area (Å²) in [4.78, 5) is 0. The number of thiocarbonyl (C=S) groups is 1. The molecule has 0 aliphatic heterocycles. The molecule has 2 aromatic rings. The van der Waals surface area contributed by atoms with Gasteiger partial charge in [-0.2, -0.15) is 5.10 Å². The quantitative estimate of drug-likeness (QED) is 0.441. The number of methoxy groups -OCH3 is 1. The van der Waals surface area contributed by atoms with Crippen LogP contribution in [0.25, 0.3) is 0 Å². The molecule has 0 fully saturated rings. The van der Waals surface area contributed by atoms with Crippen LogP contribution in [0.3, 0.4) is 0 Å². The maximum atomic E-state index is 12.8. The first-order chi connectivity index (χ1) is 11.5. The molecule has 0 saturated carbocycles. The molecule has 0 unspecified atom stereocenters. The Morgan fingerprint density at radius 1 is 1.25 bits per heavy atom. The number of aromatic hydroxyl groups is 1. The minimum atomic E-state index is -0.279. The average Bonchev–Trinajstić information content (AvgIpc) is 2.59. The zero-order chi connectivity index (χ0) is 17.5. The van der Waals surface area contributed by atoms with E-state index in [9.17, 15) is 9.50 Å². The number of nitrogens with one attached hydrogen (secondary N) is 2. The molecule has 2 rings (SSSR count). The lowest BCUT2D eigenvalue weighted by Gasteiger charge is -2.09. The topological polar surface area (TPSA) is 65.9 Å². The van der Waals surface area contributed by atoms with Gasteiger partial charge in [0.15, 0.2) is 5.11 Å². The molecule has 2 aromatic carbocycles. The van der Waals surface area contributed by atoms with E-state index in [1.165, 1.54) is 25.3 Å². The molecule has 7 heteroatoms. The van der Waals surface area contributed by atoms with E-state index >= 15 is 0 Å². The molecule has 3 N–H and O–H groups in total. The van der Waals surface area contributed by atoms with E-state index in [0.717, 1.165) is 5.56 Å². The van der Waals surface area contributed by atoms with Gasteiger partial charge >= 0.3 is 0 Å². The van der Waals surface area contributed by atoms with Crippen molar-refractivity contribution in [2.75, 3.05) is 7.11 Å². The molecule has 0 heterocycles. The van der Waals surface area contributed by atoms with Gasteiger partial charge in [-0.3, -0.25) is 5.43 Å². The van der Waals surface area contributed by atoms with Crippen molar-refractivity contribution in [2.45, 2.75) is 13.5 Å². The Morgan fingerprint density at radius 2 is 1.96 bits per heavy atom. The van der Waals surface area contributed by atoms with Crippen LogP contribution in [0.4, 0.5) is 4.39 Å². The highest BCUT2D eigenvalue weighted by molar-refractivity contribution is 7.80. The fourth-order valence-corrected chi connectivity index (χ4v) is 2.08. The molecule has 0 saturated heterocycles. The molecule has 5 nitrogen and oxygen atoms in total. The first-order valence-corrected chi connectivity index (χ1v) is 7.60. The van der Waals surface area contributed by atoms with Gasteiger partial charge in [0.05, 0.1) is 12.8 Å². The fourth-order valence-electron chi connectivity index (χ4n) is 1.96. The molecule has 24 heavy (non-hydrogen) atoms. The summed E-state index contributed by atoms with van der Waals surface area (Å²) in [6.07, 6.45) is 0. The summed E-state index contributed by atoms with van der Waals surface area (Å²) in [5.74, 6) is 0.357. The number of phenolic OH excluding ortho intramolecular Hbond substituents is 1. The number of hydrogen-bond acceptors (Lipinski definition) is 4. The molecular weight excluding hydrogens is 329 g/mol. The number of halogens is 1. The number of phenols is 1. The van der Waals surface area contributed by atoms with Crippen LogP contribution >= 0.6 is 12.2 Å². The number of hydrazone groups is 1. The molecule has 0 aliphatic carbocycles. The molecule has 0 aromatic heterocycles. The highest BCUT2D eigenvalue weighted by atomic mass is 32.1. The number of ether oxygens (including phenoxy) is 1. The third kappa shape index (κ3) is 4.92. The molecule has 126 valence electrons. The summed E-state index contributed by atoms with van der Waals surface area (Å²) in [6.45, 7) is 2.20. The predicted octanol–water partition coefficient (Wildman–Crippen LogP) is 2.93. The van der Waals surface area contributed by atoms with Crippen molar-refractivity contribution in [1.82, 2.24) is 10.7 Å². The van der Waals surface area contributed by atoms with Crippen LogP contribution in [0, 0.1) is 5.82 Å². The number of benzene rings is 2. The Hall–Kier alpha value is -2.67. The van der Waals surface area contributed by atoms with Gasteiger partial charge in [0, 0.05) is 18.2 Å². The van der Waals surface area contributed by atoms with Crippen molar-refractivity contribution in [3.05, 3.63) is 59.4 Å². The van der Waals surface area contributed by atoms with Crippen LogP contribution in [0.5, 0.6) is 11.5 Å². The lowest BCUT2D eigenvalue weighted by Crippen LogP contribution is -2.32. The van der Waals surface area contributed by atoms with E-state index in [2.05, 4.69) is 15.8 Å². The van der Waals surface area contributed by atoms with Gasteiger partial charge in [-0.05, 0) is 49.0 Å². The van der Waals surface area contributed by atoms with E-state index in [0.29, 0.717) is 28.7 Å². The number of rotatable bonds is 5. The van der Waals surface area contributed by atoms with Crippen molar-refractivity contribution in [1.29, 1.82) is 0 Å². The molecule has 0 amide bonds. The maximum Gasteiger partial charge on any atom is 0.187 e. The molecule has 0 spiro atoms. The van der Waals surface area contributed by atoms with E-state index < -0.39 is 0 Å². The van der Waals surface area contributed by atoms with Gasteiger partial charge < -0.3 is 15.2 Å². The Morgan fingerprint density at radius 3 is 2.58 bits per heavy atom. The standard InChI is InChI=1S/C17H18FN3O2S/c1-11(15-8-7-14(23-2)9-16(15)22)20-21-17(24)19-10-12-3-5-13(18)6-4-12/h3-9,22H,10H2,1-2H3,(H2,19,21,24)/b20-11+. The van der Waals surface area contributed by atoms with E-state index in [-0.39, 0.29) is 11.6 Å². The molecule has 0 radical (unpaired) electrons. The van der Waals surface area contributed by atoms with Gasteiger partial charge in [-0.15, -0.1) is 0 Å². The second kappa shape index (κ2) is 8.26. The molecule has 0 atom stereocenters.